The number of aryl methyl sites for hydroxylation is 1. The zero-order chi connectivity index (χ0) is 15.8. The summed E-state index contributed by atoms with van der Waals surface area (Å²) in [6, 6.07) is 8.48. The molecular formula is C16H14F4O. The molecule has 5 heteroatoms. The lowest BCUT2D eigenvalue weighted by Crippen LogP contribution is -2.24. The molecule has 2 aromatic carbocycles. The summed E-state index contributed by atoms with van der Waals surface area (Å²) in [5.41, 5.74) is -1.47. The first-order chi connectivity index (χ1) is 9.62. The van der Waals surface area contributed by atoms with Crippen LogP contribution in [0.3, 0.4) is 0 Å². The highest BCUT2D eigenvalue weighted by atomic mass is 19.4. The van der Waals surface area contributed by atoms with Crippen LogP contribution in [0.1, 0.15) is 29.2 Å². The van der Waals surface area contributed by atoms with Gasteiger partial charge in [0.15, 0.2) is 0 Å². The number of aliphatic hydroxyl groups is 1. The van der Waals surface area contributed by atoms with Gasteiger partial charge < -0.3 is 5.11 Å². The Kier molecular flexibility index (Phi) is 3.80. The lowest BCUT2D eigenvalue weighted by atomic mass is 9.85. The summed E-state index contributed by atoms with van der Waals surface area (Å²) in [6.07, 6.45) is -4.44. The van der Waals surface area contributed by atoms with Crippen LogP contribution < -0.4 is 0 Å². The van der Waals surface area contributed by atoms with Crippen molar-refractivity contribution in [1.29, 1.82) is 0 Å². The predicted molar refractivity (Wildman–Crippen MR) is 71.3 cm³/mol. The quantitative estimate of drug-likeness (QED) is 0.814. The molecule has 0 aliphatic heterocycles. The Hall–Kier alpha value is -1.88. The Morgan fingerprint density at radius 3 is 2.14 bits per heavy atom. The highest BCUT2D eigenvalue weighted by Gasteiger charge is 2.33. The summed E-state index contributed by atoms with van der Waals surface area (Å²) in [4.78, 5) is 0. The van der Waals surface area contributed by atoms with Gasteiger partial charge in [0.1, 0.15) is 11.4 Å². The van der Waals surface area contributed by atoms with Gasteiger partial charge in [0.2, 0.25) is 0 Å². The average molecular weight is 298 g/mol. The fourth-order valence-electron chi connectivity index (χ4n) is 2.33. The van der Waals surface area contributed by atoms with E-state index in [1.165, 1.54) is 38.1 Å². The Balaban J connectivity index is 2.50. The molecule has 0 aliphatic carbocycles. The van der Waals surface area contributed by atoms with E-state index in [1.807, 2.05) is 0 Å². The summed E-state index contributed by atoms with van der Waals surface area (Å²) >= 11 is 0. The molecule has 2 rings (SSSR count). The molecule has 2 aromatic rings. The Bertz CT molecular complexity index is 660. The van der Waals surface area contributed by atoms with Crippen LogP contribution in [-0.2, 0) is 11.8 Å². The molecule has 0 saturated carbocycles. The second kappa shape index (κ2) is 5.15. The number of halogens is 4. The van der Waals surface area contributed by atoms with Crippen molar-refractivity contribution in [2.75, 3.05) is 0 Å². The summed E-state index contributed by atoms with van der Waals surface area (Å²) in [5.74, 6) is -0.516. The lowest BCUT2D eigenvalue weighted by molar-refractivity contribution is -0.137. The highest BCUT2D eigenvalue weighted by Crippen LogP contribution is 2.35. The number of hydrogen-bond donors (Lipinski definition) is 1. The van der Waals surface area contributed by atoms with Crippen LogP contribution in [0.15, 0.2) is 42.5 Å². The highest BCUT2D eigenvalue weighted by molar-refractivity contribution is 5.42. The van der Waals surface area contributed by atoms with Crippen LogP contribution in [0.2, 0.25) is 0 Å². The Labute approximate surface area is 119 Å². The van der Waals surface area contributed by atoms with E-state index in [-0.39, 0.29) is 5.56 Å². The van der Waals surface area contributed by atoms with Crippen molar-refractivity contribution in [3.63, 3.8) is 0 Å². The summed E-state index contributed by atoms with van der Waals surface area (Å²) in [5, 5.41) is 10.6. The minimum absolute atomic E-state index is 0.283. The van der Waals surface area contributed by atoms with Crippen LogP contribution >= 0.6 is 0 Å². The van der Waals surface area contributed by atoms with Gasteiger partial charge in [0.25, 0.3) is 0 Å². The van der Waals surface area contributed by atoms with Gasteiger partial charge in [-0.25, -0.2) is 4.39 Å². The molecule has 0 amide bonds. The molecule has 0 fully saturated rings. The third-order valence-corrected chi connectivity index (χ3v) is 3.46. The average Bonchev–Trinajstić information content (AvgIpc) is 2.37. The predicted octanol–water partition coefficient (Wildman–Crippen LogP) is 4.41. The lowest BCUT2D eigenvalue weighted by Gasteiger charge is -2.27. The maximum Gasteiger partial charge on any atom is 0.416 e. The fourth-order valence-corrected chi connectivity index (χ4v) is 2.33. The van der Waals surface area contributed by atoms with Gasteiger partial charge >= 0.3 is 6.18 Å². The van der Waals surface area contributed by atoms with Crippen LogP contribution in [-0.4, -0.2) is 5.11 Å². The second-order valence-corrected chi connectivity index (χ2v) is 5.11. The van der Waals surface area contributed by atoms with Gasteiger partial charge in [0.05, 0.1) is 5.56 Å². The van der Waals surface area contributed by atoms with E-state index in [0.29, 0.717) is 11.1 Å². The molecule has 0 spiro atoms. The largest absolute Gasteiger partial charge is 0.416 e. The van der Waals surface area contributed by atoms with Gasteiger partial charge in [-0.3, -0.25) is 0 Å². The van der Waals surface area contributed by atoms with E-state index >= 15 is 0 Å². The zero-order valence-corrected chi connectivity index (χ0v) is 11.5. The minimum atomic E-state index is -4.44. The van der Waals surface area contributed by atoms with Crippen LogP contribution in [0, 0.1) is 12.7 Å². The maximum absolute atomic E-state index is 13.3. The van der Waals surface area contributed by atoms with Gasteiger partial charge in [-0.1, -0.05) is 18.2 Å². The number of benzene rings is 2. The molecule has 0 bridgehead atoms. The first-order valence-corrected chi connectivity index (χ1v) is 6.29. The van der Waals surface area contributed by atoms with Gasteiger partial charge in [-0.2, -0.15) is 13.2 Å². The fraction of sp³-hybridized carbons (Fsp3) is 0.250. The van der Waals surface area contributed by atoms with Gasteiger partial charge in [0, 0.05) is 0 Å². The van der Waals surface area contributed by atoms with E-state index in [1.54, 1.807) is 0 Å². The van der Waals surface area contributed by atoms with Crippen LogP contribution in [0.25, 0.3) is 0 Å². The van der Waals surface area contributed by atoms with Crippen molar-refractivity contribution in [3.8, 4) is 0 Å². The van der Waals surface area contributed by atoms with Crippen LogP contribution in [0.4, 0.5) is 17.6 Å². The molecule has 0 radical (unpaired) electrons. The number of hydrogen-bond acceptors (Lipinski definition) is 1. The van der Waals surface area contributed by atoms with E-state index < -0.39 is 23.2 Å². The van der Waals surface area contributed by atoms with Gasteiger partial charge in [-0.15, -0.1) is 0 Å². The van der Waals surface area contributed by atoms with Crippen molar-refractivity contribution < 1.29 is 22.7 Å². The summed E-state index contributed by atoms with van der Waals surface area (Å²) < 4.78 is 51.3. The first kappa shape index (κ1) is 15.5. The number of rotatable bonds is 2. The third-order valence-electron chi connectivity index (χ3n) is 3.46. The van der Waals surface area contributed by atoms with E-state index in [2.05, 4.69) is 0 Å². The van der Waals surface area contributed by atoms with Gasteiger partial charge in [-0.05, 0) is 54.8 Å². The molecular weight excluding hydrogens is 284 g/mol. The third kappa shape index (κ3) is 3.08. The van der Waals surface area contributed by atoms with Crippen molar-refractivity contribution in [2.45, 2.75) is 25.6 Å². The normalized spacial score (nSPS) is 14.8. The van der Waals surface area contributed by atoms with Crippen molar-refractivity contribution in [3.05, 3.63) is 70.5 Å². The number of alkyl halides is 3. The van der Waals surface area contributed by atoms with Crippen molar-refractivity contribution >= 4 is 0 Å². The van der Waals surface area contributed by atoms with E-state index in [9.17, 15) is 22.7 Å². The topological polar surface area (TPSA) is 20.2 Å². The van der Waals surface area contributed by atoms with Crippen molar-refractivity contribution in [1.82, 2.24) is 0 Å². The SMILES string of the molecule is Cc1cc(C(F)(F)F)ccc1C(C)(O)c1cccc(F)c1. The van der Waals surface area contributed by atoms with Crippen molar-refractivity contribution in [2.24, 2.45) is 0 Å². The molecule has 1 N–H and O–H groups in total. The molecule has 0 heterocycles. The molecule has 0 aromatic heterocycles. The first-order valence-electron chi connectivity index (χ1n) is 6.29. The van der Waals surface area contributed by atoms with E-state index in [0.717, 1.165) is 18.2 Å². The molecule has 0 saturated heterocycles. The minimum Gasteiger partial charge on any atom is -0.381 e. The molecule has 1 atom stereocenters. The standard InChI is InChI=1S/C16H14F4O/c1-10-8-12(16(18,19)20)6-7-14(10)15(2,21)11-4-3-5-13(17)9-11/h3-9,21H,1-2H3. The monoisotopic (exact) mass is 298 g/mol. The molecule has 112 valence electrons. The Morgan fingerprint density at radius 1 is 0.952 bits per heavy atom. The molecule has 1 unspecified atom stereocenters. The Morgan fingerprint density at radius 2 is 1.62 bits per heavy atom. The zero-order valence-electron chi connectivity index (χ0n) is 11.5. The maximum atomic E-state index is 13.3. The smallest absolute Gasteiger partial charge is 0.381 e. The van der Waals surface area contributed by atoms with Crippen LogP contribution in [0.5, 0.6) is 0 Å². The summed E-state index contributed by atoms with van der Waals surface area (Å²) in [7, 11) is 0. The van der Waals surface area contributed by atoms with E-state index in [4.69, 9.17) is 0 Å². The molecule has 0 aliphatic rings. The molecule has 1 nitrogen and oxygen atoms in total. The second-order valence-electron chi connectivity index (χ2n) is 5.11. The molecule has 21 heavy (non-hydrogen) atoms. The summed E-state index contributed by atoms with van der Waals surface area (Å²) in [6.45, 7) is 2.91.